The topological polar surface area (TPSA) is 108 Å². The fourth-order valence-electron chi connectivity index (χ4n) is 3.80. The maximum Gasteiger partial charge on any atom is 0.329 e. The highest BCUT2D eigenvalue weighted by molar-refractivity contribution is 7.90. The standard InChI is InChI=1S/C25H22F2N4O4S2/c1-15-5-3-4-6-23(15)37(34,35)30-25(33)29-21(11-16-9-17(26)12-18(27)10-16)24(32)31(2)19-7-8-22-20(13-19)28-14-36-22/h3-10,12-14,21H,11H2,1-2H3,(H2,29,30,33)/t21-/m0/s1. The van der Waals surface area contributed by atoms with Crippen LogP contribution in [0.4, 0.5) is 19.3 Å². The Hall–Kier alpha value is -3.90. The van der Waals surface area contributed by atoms with E-state index < -0.39 is 39.6 Å². The fraction of sp³-hybridized carbons (Fsp3) is 0.160. The number of anilines is 1. The van der Waals surface area contributed by atoms with Gasteiger partial charge in [0.1, 0.15) is 17.7 Å². The van der Waals surface area contributed by atoms with Gasteiger partial charge in [0.05, 0.1) is 20.6 Å². The molecule has 0 saturated heterocycles. The summed E-state index contributed by atoms with van der Waals surface area (Å²) in [6.45, 7) is 1.57. The number of nitrogens with one attached hydrogen (secondary N) is 2. The summed E-state index contributed by atoms with van der Waals surface area (Å²) in [6, 6.07) is 11.5. The second-order valence-electron chi connectivity index (χ2n) is 8.28. The van der Waals surface area contributed by atoms with Gasteiger partial charge in [0.25, 0.3) is 10.0 Å². The number of nitrogens with zero attached hydrogens (tertiary/aromatic N) is 2. The van der Waals surface area contributed by atoms with E-state index in [4.69, 9.17) is 0 Å². The molecule has 0 aliphatic carbocycles. The quantitative estimate of drug-likeness (QED) is 0.364. The van der Waals surface area contributed by atoms with Gasteiger partial charge in [-0.25, -0.2) is 31.7 Å². The molecule has 0 unspecified atom stereocenters. The van der Waals surface area contributed by atoms with Crippen LogP contribution >= 0.6 is 11.3 Å². The number of hydrogen-bond acceptors (Lipinski definition) is 6. The molecule has 0 saturated carbocycles. The number of sulfonamides is 1. The van der Waals surface area contributed by atoms with E-state index >= 15 is 0 Å². The van der Waals surface area contributed by atoms with Crippen LogP contribution in [-0.2, 0) is 21.2 Å². The lowest BCUT2D eigenvalue weighted by Gasteiger charge is -2.25. The van der Waals surface area contributed by atoms with Crippen LogP contribution in [0.2, 0.25) is 0 Å². The number of aryl methyl sites for hydroxylation is 1. The molecule has 1 aromatic heterocycles. The Balaban J connectivity index is 1.60. The summed E-state index contributed by atoms with van der Waals surface area (Å²) in [5.41, 5.74) is 3.32. The van der Waals surface area contributed by atoms with Crippen molar-refractivity contribution in [2.45, 2.75) is 24.3 Å². The lowest BCUT2D eigenvalue weighted by molar-refractivity contribution is -0.120. The lowest BCUT2D eigenvalue weighted by Crippen LogP contribution is -2.52. The lowest BCUT2D eigenvalue weighted by atomic mass is 10.0. The van der Waals surface area contributed by atoms with Gasteiger partial charge in [-0.2, -0.15) is 0 Å². The number of benzene rings is 3. The highest BCUT2D eigenvalue weighted by atomic mass is 32.2. The van der Waals surface area contributed by atoms with E-state index in [0.717, 1.165) is 16.8 Å². The number of hydrogen-bond donors (Lipinski definition) is 2. The number of rotatable bonds is 7. The van der Waals surface area contributed by atoms with Crippen LogP contribution in [0, 0.1) is 18.6 Å². The van der Waals surface area contributed by atoms with Crippen molar-refractivity contribution in [3.8, 4) is 0 Å². The molecular formula is C25H22F2N4O4S2. The van der Waals surface area contributed by atoms with Gasteiger partial charge in [0.15, 0.2) is 0 Å². The average Bonchev–Trinajstić information content (AvgIpc) is 3.30. The monoisotopic (exact) mass is 544 g/mol. The zero-order valence-electron chi connectivity index (χ0n) is 19.7. The van der Waals surface area contributed by atoms with Gasteiger partial charge in [-0.3, -0.25) is 4.79 Å². The number of fused-ring (bicyclic) bond motifs is 1. The molecule has 3 aromatic carbocycles. The molecule has 0 spiro atoms. The summed E-state index contributed by atoms with van der Waals surface area (Å²) in [5.74, 6) is -2.34. The Morgan fingerprint density at radius 3 is 2.46 bits per heavy atom. The number of thiazole rings is 1. The SMILES string of the molecule is Cc1ccccc1S(=O)(=O)NC(=O)N[C@@H](Cc1cc(F)cc(F)c1)C(=O)N(C)c1ccc2scnc2c1. The van der Waals surface area contributed by atoms with E-state index in [1.165, 1.54) is 35.4 Å². The van der Waals surface area contributed by atoms with Crippen molar-refractivity contribution in [3.63, 3.8) is 0 Å². The molecule has 4 rings (SSSR count). The van der Waals surface area contributed by atoms with Gasteiger partial charge < -0.3 is 10.2 Å². The first-order chi connectivity index (χ1) is 17.5. The summed E-state index contributed by atoms with van der Waals surface area (Å²) in [4.78, 5) is 31.6. The van der Waals surface area contributed by atoms with Gasteiger partial charge >= 0.3 is 6.03 Å². The van der Waals surface area contributed by atoms with Crippen LogP contribution < -0.4 is 14.9 Å². The van der Waals surface area contributed by atoms with E-state index in [9.17, 15) is 26.8 Å². The second kappa shape index (κ2) is 10.6. The summed E-state index contributed by atoms with van der Waals surface area (Å²) in [6.07, 6.45) is -0.297. The van der Waals surface area contributed by atoms with Gasteiger partial charge in [0.2, 0.25) is 5.91 Å². The van der Waals surface area contributed by atoms with E-state index in [-0.39, 0.29) is 16.9 Å². The number of amides is 3. The van der Waals surface area contributed by atoms with Crippen LogP contribution in [0.15, 0.2) is 71.1 Å². The molecule has 8 nitrogen and oxygen atoms in total. The van der Waals surface area contributed by atoms with E-state index in [1.54, 1.807) is 42.8 Å². The highest BCUT2D eigenvalue weighted by Crippen LogP contribution is 2.24. The van der Waals surface area contributed by atoms with Crippen molar-refractivity contribution >= 4 is 49.2 Å². The van der Waals surface area contributed by atoms with Gasteiger partial charge in [-0.15, -0.1) is 11.3 Å². The molecular weight excluding hydrogens is 522 g/mol. The molecule has 0 fully saturated rings. The van der Waals surface area contributed by atoms with Crippen LogP contribution in [0.3, 0.4) is 0 Å². The Labute approximate surface area is 216 Å². The first kappa shape index (κ1) is 26.2. The summed E-state index contributed by atoms with van der Waals surface area (Å²) < 4.78 is 55.9. The number of likely N-dealkylation sites (N-methyl/N-ethyl adjacent to an activating group) is 1. The number of urea groups is 1. The zero-order valence-corrected chi connectivity index (χ0v) is 21.4. The highest BCUT2D eigenvalue weighted by Gasteiger charge is 2.28. The minimum atomic E-state index is -4.25. The Kier molecular flexibility index (Phi) is 7.50. The second-order valence-corrected chi connectivity index (χ2v) is 10.8. The third-order valence-electron chi connectivity index (χ3n) is 5.61. The molecule has 3 amide bonds. The third kappa shape index (κ3) is 6.09. The summed E-state index contributed by atoms with van der Waals surface area (Å²) in [7, 11) is -2.78. The molecule has 0 bridgehead atoms. The summed E-state index contributed by atoms with van der Waals surface area (Å²) in [5, 5.41) is 2.35. The largest absolute Gasteiger partial charge is 0.329 e. The van der Waals surface area contributed by atoms with Crippen molar-refractivity contribution in [2.24, 2.45) is 0 Å². The smallest absolute Gasteiger partial charge is 0.325 e. The minimum Gasteiger partial charge on any atom is -0.325 e. The van der Waals surface area contributed by atoms with Crippen LogP contribution in [0.25, 0.3) is 10.2 Å². The van der Waals surface area contributed by atoms with Gasteiger partial charge in [0, 0.05) is 25.2 Å². The first-order valence-corrected chi connectivity index (χ1v) is 13.3. The molecule has 0 aliphatic heterocycles. The van der Waals surface area contributed by atoms with Crippen molar-refractivity contribution in [1.82, 2.24) is 15.0 Å². The molecule has 0 aliphatic rings. The van der Waals surface area contributed by atoms with Crippen LogP contribution in [-0.4, -0.2) is 38.4 Å². The molecule has 192 valence electrons. The van der Waals surface area contributed by atoms with Crippen molar-refractivity contribution in [2.75, 3.05) is 11.9 Å². The number of carbonyl (C=O) groups is 2. The van der Waals surface area contributed by atoms with Crippen LogP contribution in [0.5, 0.6) is 0 Å². The Morgan fingerprint density at radius 1 is 1.05 bits per heavy atom. The Bertz CT molecular complexity index is 1570. The zero-order chi connectivity index (χ0) is 26.7. The molecule has 4 aromatic rings. The Morgan fingerprint density at radius 2 is 1.76 bits per heavy atom. The molecule has 1 atom stereocenters. The first-order valence-electron chi connectivity index (χ1n) is 11.0. The number of carbonyl (C=O) groups excluding carboxylic acids is 2. The van der Waals surface area contributed by atoms with Crippen LogP contribution in [0.1, 0.15) is 11.1 Å². The van der Waals surface area contributed by atoms with Gasteiger partial charge in [-0.05, 0) is 54.4 Å². The molecule has 1 heterocycles. The number of halogens is 2. The third-order valence-corrected chi connectivity index (χ3v) is 7.91. The fourth-order valence-corrected chi connectivity index (χ4v) is 5.62. The maximum atomic E-state index is 13.8. The van der Waals surface area contributed by atoms with Crippen molar-refractivity contribution in [1.29, 1.82) is 0 Å². The number of aromatic nitrogens is 1. The molecule has 12 heteroatoms. The van der Waals surface area contributed by atoms with E-state index in [2.05, 4.69) is 10.3 Å². The van der Waals surface area contributed by atoms with Gasteiger partial charge in [-0.1, -0.05) is 18.2 Å². The normalized spacial score (nSPS) is 12.2. The minimum absolute atomic E-state index is 0.0984. The molecule has 2 N–H and O–H groups in total. The van der Waals surface area contributed by atoms with Crippen molar-refractivity contribution < 1.29 is 26.8 Å². The maximum absolute atomic E-state index is 13.8. The van der Waals surface area contributed by atoms with E-state index in [0.29, 0.717) is 22.8 Å². The average molecular weight is 545 g/mol. The van der Waals surface area contributed by atoms with E-state index in [1.807, 2.05) is 4.72 Å². The predicted octanol–water partition coefficient (Wildman–Crippen LogP) is 4.15. The predicted molar refractivity (Wildman–Crippen MR) is 137 cm³/mol. The van der Waals surface area contributed by atoms with Crippen molar-refractivity contribution in [3.05, 3.63) is 88.9 Å². The molecule has 37 heavy (non-hydrogen) atoms. The summed E-state index contributed by atoms with van der Waals surface area (Å²) >= 11 is 1.43. The molecule has 0 radical (unpaired) electrons.